The molecule has 1 saturated heterocycles. The largest absolute Gasteiger partial charge is 0.388 e. The molecule has 1 heterocycles. The Morgan fingerprint density at radius 2 is 1.89 bits per heavy atom. The lowest BCUT2D eigenvalue weighted by Crippen LogP contribution is -2.37. The number of hydrogen-bond acceptors (Lipinski definition) is 5. The van der Waals surface area contributed by atoms with Gasteiger partial charge in [-0.1, -0.05) is 57.9 Å². The van der Waals surface area contributed by atoms with Gasteiger partial charge in [0.15, 0.2) is 0 Å². The van der Waals surface area contributed by atoms with E-state index in [4.69, 9.17) is 4.99 Å². The molecular weight excluding hydrogens is 489 g/mol. The summed E-state index contributed by atoms with van der Waals surface area (Å²) in [6.45, 7) is 16.9. The molecule has 1 aromatic rings. The van der Waals surface area contributed by atoms with Crippen LogP contribution in [0.25, 0.3) is 0 Å². The van der Waals surface area contributed by atoms with Gasteiger partial charge in [-0.3, -0.25) is 14.8 Å². The van der Waals surface area contributed by atoms with Crippen molar-refractivity contribution in [2.45, 2.75) is 73.6 Å². The second-order valence-electron chi connectivity index (χ2n) is 9.85. The van der Waals surface area contributed by atoms with Crippen LogP contribution in [0.3, 0.4) is 0 Å². The van der Waals surface area contributed by atoms with Crippen molar-refractivity contribution < 1.29 is 4.79 Å². The van der Waals surface area contributed by atoms with Gasteiger partial charge in [0.1, 0.15) is 0 Å². The lowest BCUT2D eigenvalue weighted by Gasteiger charge is -2.30. The summed E-state index contributed by atoms with van der Waals surface area (Å²) in [6, 6.07) is 8.41. The molecule has 6 nitrogen and oxygen atoms in total. The first-order valence-electron chi connectivity index (χ1n) is 14.0. The molecule has 2 unspecified atom stereocenters. The molecule has 2 atom stereocenters. The Kier molecular flexibility index (Phi) is 21.3. The van der Waals surface area contributed by atoms with Gasteiger partial charge in [-0.2, -0.15) is 0 Å². The molecule has 1 amide bonds. The van der Waals surface area contributed by atoms with Gasteiger partial charge >= 0.3 is 0 Å². The van der Waals surface area contributed by atoms with Crippen LogP contribution in [0.15, 0.2) is 57.0 Å². The standard InChI is InChI=1S/C23H35N4P.C5H11NO.C3H8/c1-17-9-6-7-11-21(17)22(26-19(3)23(28)15-24-4)13-18(2)25-14-20-10-8-12-27(5)16-20;1-2-3-4-6-5-7;1-3-2/h6-7,9,11,13,15,20,25H,8,10,12,14,16,28H2,1-5H3;5H,2-4H2,1H3,(H,6,7);3H2,1-2H3/b18-13+,23-19-,24-15?,26-22+;;. The van der Waals surface area contributed by atoms with E-state index < -0.39 is 0 Å². The molecule has 1 aliphatic heterocycles. The van der Waals surface area contributed by atoms with Crippen molar-refractivity contribution in [2.24, 2.45) is 15.9 Å². The minimum absolute atomic E-state index is 0.710. The molecule has 0 radical (unpaired) electrons. The van der Waals surface area contributed by atoms with E-state index in [0.717, 1.165) is 60.3 Å². The van der Waals surface area contributed by atoms with Crippen LogP contribution in [-0.2, 0) is 4.79 Å². The van der Waals surface area contributed by atoms with Crippen LogP contribution in [0.1, 0.15) is 77.8 Å². The average molecular weight is 544 g/mol. The van der Waals surface area contributed by atoms with Gasteiger partial charge in [-0.15, -0.1) is 9.24 Å². The molecule has 38 heavy (non-hydrogen) atoms. The van der Waals surface area contributed by atoms with E-state index in [2.05, 4.69) is 102 Å². The van der Waals surface area contributed by atoms with E-state index in [-0.39, 0.29) is 0 Å². The zero-order valence-corrected chi connectivity index (χ0v) is 26.5. The smallest absolute Gasteiger partial charge is 0.207 e. The number of likely N-dealkylation sites (tertiary alicyclic amines) is 1. The summed E-state index contributed by atoms with van der Waals surface area (Å²) in [6.07, 6.45) is 10.8. The number of hydrogen-bond donors (Lipinski definition) is 2. The quantitative estimate of drug-likeness (QED) is 0.147. The van der Waals surface area contributed by atoms with Gasteiger partial charge in [0, 0.05) is 55.2 Å². The van der Waals surface area contributed by atoms with E-state index in [1.807, 2.05) is 13.1 Å². The second-order valence-corrected chi connectivity index (χ2v) is 10.5. The van der Waals surface area contributed by atoms with Crippen LogP contribution in [-0.4, -0.2) is 63.5 Å². The van der Waals surface area contributed by atoms with Gasteiger partial charge < -0.3 is 15.5 Å². The summed E-state index contributed by atoms with van der Waals surface area (Å²) in [5.41, 5.74) is 5.46. The third kappa shape index (κ3) is 16.5. The average Bonchev–Trinajstić information content (AvgIpc) is 2.89. The van der Waals surface area contributed by atoms with Crippen molar-refractivity contribution in [2.75, 3.05) is 40.3 Å². The van der Waals surface area contributed by atoms with Crippen molar-refractivity contribution >= 4 is 27.6 Å². The fourth-order valence-corrected chi connectivity index (χ4v) is 4.06. The first-order chi connectivity index (χ1) is 18.2. The summed E-state index contributed by atoms with van der Waals surface area (Å²) in [5, 5.41) is 7.19. The Morgan fingerprint density at radius 1 is 1.21 bits per heavy atom. The van der Waals surface area contributed by atoms with E-state index in [1.54, 1.807) is 7.05 Å². The maximum atomic E-state index is 9.57. The van der Waals surface area contributed by atoms with Crippen LogP contribution in [0.5, 0.6) is 0 Å². The molecule has 1 fully saturated rings. The maximum Gasteiger partial charge on any atom is 0.207 e. The maximum absolute atomic E-state index is 9.57. The molecule has 0 saturated carbocycles. The fourth-order valence-electron chi connectivity index (χ4n) is 3.85. The molecule has 2 rings (SSSR count). The number of carbonyl (C=O) groups excluding carboxylic acids is 1. The molecular formula is C31H54N5OP. The molecule has 1 aromatic carbocycles. The first-order valence-corrected chi connectivity index (χ1v) is 14.6. The predicted molar refractivity (Wildman–Crippen MR) is 171 cm³/mol. The number of nitrogens with zero attached hydrogens (tertiary/aromatic N) is 3. The lowest BCUT2D eigenvalue weighted by atomic mass is 9.98. The highest BCUT2D eigenvalue weighted by Crippen LogP contribution is 2.17. The zero-order valence-electron chi connectivity index (χ0n) is 25.3. The number of aryl methyl sites for hydroxylation is 1. The topological polar surface area (TPSA) is 69.1 Å². The molecule has 1 aliphatic rings. The molecule has 0 aliphatic carbocycles. The molecule has 214 valence electrons. The van der Waals surface area contributed by atoms with Crippen molar-refractivity contribution in [1.82, 2.24) is 15.5 Å². The highest BCUT2D eigenvalue weighted by molar-refractivity contribution is 7.24. The third-order valence-electron chi connectivity index (χ3n) is 5.90. The summed E-state index contributed by atoms with van der Waals surface area (Å²) < 4.78 is 0. The van der Waals surface area contributed by atoms with Crippen molar-refractivity contribution in [3.8, 4) is 0 Å². The normalized spacial score (nSPS) is 17.0. The summed E-state index contributed by atoms with van der Waals surface area (Å²) in [5.74, 6) is 0.710. The number of allylic oxidation sites excluding steroid dienone is 4. The molecule has 0 bridgehead atoms. The molecule has 7 heteroatoms. The summed E-state index contributed by atoms with van der Waals surface area (Å²) in [4.78, 5) is 21.0. The van der Waals surface area contributed by atoms with Gasteiger partial charge in [0.2, 0.25) is 6.41 Å². The Labute approximate surface area is 235 Å². The van der Waals surface area contributed by atoms with Crippen LogP contribution >= 0.6 is 9.24 Å². The van der Waals surface area contributed by atoms with E-state index in [9.17, 15) is 4.79 Å². The first kappa shape index (κ1) is 35.7. The van der Waals surface area contributed by atoms with Crippen LogP contribution < -0.4 is 10.6 Å². The number of benzene rings is 1. The van der Waals surface area contributed by atoms with E-state index >= 15 is 0 Å². The number of piperidine rings is 1. The fraction of sp³-hybridized carbons (Fsp3) is 0.581. The van der Waals surface area contributed by atoms with Gasteiger partial charge in [-0.05, 0) is 71.2 Å². The summed E-state index contributed by atoms with van der Waals surface area (Å²) >= 11 is 0. The Hall–Kier alpha value is -2.30. The highest BCUT2D eigenvalue weighted by atomic mass is 31.0. The van der Waals surface area contributed by atoms with Crippen LogP contribution in [0.2, 0.25) is 0 Å². The van der Waals surface area contributed by atoms with Gasteiger partial charge in [0.05, 0.1) is 5.71 Å². The summed E-state index contributed by atoms with van der Waals surface area (Å²) in [7, 11) is 6.71. The van der Waals surface area contributed by atoms with Gasteiger partial charge in [0.25, 0.3) is 0 Å². The van der Waals surface area contributed by atoms with E-state index in [1.165, 1.54) is 37.9 Å². The number of amides is 1. The third-order valence-corrected chi connectivity index (χ3v) is 6.46. The number of carbonyl (C=O) groups is 1. The molecule has 2 N–H and O–H groups in total. The van der Waals surface area contributed by atoms with Crippen LogP contribution in [0, 0.1) is 12.8 Å². The van der Waals surface area contributed by atoms with E-state index in [0.29, 0.717) is 5.92 Å². The monoisotopic (exact) mass is 543 g/mol. The predicted octanol–water partition coefficient (Wildman–Crippen LogP) is 6.38. The highest BCUT2D eigenvalue weighted by Gasteiger charge is 2.16. The SMILES string of the molecule is CCC.CCCCNC=O.CN=C/C(P)=C(C)/N=C(\C=C(/C)NCC1CCCN(C)C1)c1ccccc1C. The van der Waals surface area contributed by atoms with Gasteiger partial charge in [-0.25, -0.2) is 0 Å². The number of nitrogens with one attached hydrogen (secondary N) is 2. The lowest BCUT2D eigenvalue weighted by molar-refractivity contribution is -0.109. The van der Waals surface area contributed by atoms with Crippen molar-refractivity contribution in [3.63, 3.8) is 0 Å². The molecule has 0 aromatic heterocycles. The number of aliphatic imine (C=N–C) groups is 2. The van der Waals surface area contributed by atoms with Crippen molar-refractivity contribution in [1.29, 1.82) is 0 Å². The Bertz CT molecular complexity index is 907. The minimum Gasteiger partial charge on any atom is -0.388 e. The molecule has 0 spiro atoms. The number of unbranched alkanes of at least 4 members (excludes halogenated alkanes) is 1. The minimum atomic E-state index is 0.710. The Morgan fingerprint density at radius 3 is 2.47 bits per heavy atom. The zero-order chi connectivity index (χ0) is 28.8. The Balaban J connectivity index is 0.00000117. The number of rotatable bonds is 11. The second kappa shape index (κ2) is 22.7. The van der Waals surface area contributed by atoms with Crippen molar-refractivity contribution in [3.05, 3.63) is 58.2 Å². The van der Waals surface area contributed by atoms with Crippen LogP contribution in [0.4, 0.5) is 0 Å².